The van der Waals surface area contributed by atoms with Gasteiger partial charge in [-0.1, -0.05) is 26.7 Å². The molecule has 0 bridgehead atoms. The number of nitrogens with one attached hydrogen (secondary N) is 2. The number of benzene rings is 1. The zero-order valence-corrected chi connectivity index (χ0v) is 22.7. The number of nitrogens with two attached hydrogens (primary N) is 1. The highest BCUT2D eigenvalue weighted by atomic mass is 35.5. The summed E-state index contributed by atoms with van der Waals surface area (Å²) >= 11 is 0. The van der Waals surface area contributed by atoms with E-state index in [0.717, 1.165) is 31.0 Å². The van der Waals surface area contributed by atoms with Crippen molar-refractivity contribution in [2.24, 2.45) is 5.73 Å². The van der Waals surface area contributed by atoms with E-state index in [0.29, 0.717) is 31.7 Å². The van der Waals surface area contributed by atoms with Crippen LogP contribution in [0, 0.1) is 11.6 Å². The Labute approximate surface area is 219 Å². The molecule has 204 valence electrons. The lowest BCUT2D eigenvalue weighted by atomic mass is 9.99. The zero-order valence-electron chi connectivity index (χ0n) is 20.2. The minimum Gasteiger partial charge on any atom is -0.390 e. The van der Waals surface area contributed by atoms with Crippen LogP contribution in [0.3, 0.4) is 0 Å². The second-order valence-electron chi connectivity index (χ2n) is 8.99. The van der Waals surface area contributed by atoms with Crippen LogP contribution >= 0.6 is 24.8 Å². The van der Waals surface area contributed by atoms with Gasteiger partial charge in [-0.25, -0.2) is 17.2 Å². The van der Waals surface area contributed by atoms with E-state index in [2.05, 4.69) is 10.6 Å². The smallest absolute Gasteiger partial charge is 0.235 e. The van der Waals surface area contributed by atoms with Crippen LogP contribution in [0.5, 0.6) is 0 Å². The minimum atomic E-state index is -3.64. The molecule has 35 heavy (non-hydrogen) atoms. The van der Waals surface area contributed by atoms with Gasteiger partial charge in [0.25, 0.3) is 0 Å². The SMILES string of the molecule is CCCC(CCC)S(=O)(=O)C[C@@H](N[C@@H](Cc1cc(F)cc(F)c1)[C@H](O)CNC1CC1)C(N)=O.Cl.Cl. The lowest BCUT2D eigenvalue weighted by molar-refractivity contribution is -0.119. The summed E-state index contributed by atoms with van der Waals surface area (Å²) in [4.78, 5) is 12.2. The predicted molar refractivity (Wildman–Crippen MR) is 139 cm³/mol. The summed E-state index contributed by atoms with van der Waals surface area (Å²) in [6, 6.07) is 1.26. The standard InChI is InChI=1S/C23H37F2N3O4S.2ClH/c1-3-5-19(6-4-2)33(31,32)14-21(23(26)30)28-20(22(29)13-27-18-7-8-18)11-15-9-16(24)12-17(25)10-15;;/h9-10,12,18-22,27-29H,3-8,11,13-14H2,1-2H3,(H2,26,30);2*1H/t20-,21+,22+;;/m0../s1. The molecule has 7 nitrogen and oxygen atoms in total. The number of carbonyl (C=O) groups excluding carboxylic acids is 1. The summed E-state index contributed by atoms with van der Waals surface area (Å²) in [5.74, 6) is -2.87. The molecular weight excluding hydrogens is 523 g/mol. The van der Waals surface area contributed by atoms with Gasteiger partial charge in [-0.3, -0.25) is 10.1 Å². The zero-order chi connectivity index (χ0) is 24.6. The Bertz CT molecular complexity index is 865. The number of halogens is 4. The van der Waals surface area contributed by atoms with Crippen LogP contribution in [0.15, 0.2) is 18.2 Å². The van der Waals surface area contributed by atoms with Crippen molar-refractivity contribution in [3.63, 3.8) is 0 Å². The van der Waals surface area contributed by atoms with Crippen molar-refractivity contribution in [3.05, 3.63) is 35.4 Å². The first kappa shape index (κ1) is 34.0. The molecule has 1 aliphatic rings. The quantitative estimate of drug-likeness (QED) is 0.246. The highest BCUT2D eigenvalue weighted by Crippen LogP contribution is 2.20. The van der Waals surface area contributed by atoms with Gasteiger partial charge in [0.15, 0.2) is 9.84 Å². The number of primary amides is 1. The predicted octanol–water partition coefficient (Wildman–Crippen LogP) is 2.66. The number of hydrogen-bond donors (Lipinski definition) is 4. The van der Waals surface area contributed by atoms with Gasteiger partial charge in [-0.15, -0.1) is 24.8 Å². The van der Waals surface area contributed by atoms with Gasteiger partial charge < -0.3 is 16.2 Å². The van der Waals surface area contributed by atoms with Crippen LogP contribution in [0.1, 0.15) is 57.9 Å². The molecule has 0 aliphatic heterocycles. The van der Waals surface area contributed by atoms with Crippen LogP contribution < -0.4 is 16.4 Å². The van der Waals surface area contributed by atoms with Crippen molar-refractivity contribution in [3.8, 4) is 0 Å². The molecule has 1 aromatic carbocycles. The number of rotatable bonds is 16. The number of sulfone groups is 1. The monoisotopic (exact) mass is 561 g/mol. The fraction of sp³-hybridized carbons (Fsp3) is 0.696. The maximum absolute atomic E-state index is 13.7. The average molecular weight is 563 g/mol. The van der Waals surface area contributed by atoms with E-state index in [9.17, 15) is 27.1 Å². The lowest BCUT2D eigenvalue weighted by Gasteiger charge is -2.29. The molecule has 1 fully saturated rings. The molecule has 0 spiro atoms. The first-order chi connectivity index (χ1) is 15.6. The average Bonchev–Trinajstić information content (AvgIpc) is 3.54. The van der Waals surface area contributed by atoms with Gasteiger partial charge >= 0.3 is 0 Å². The van der Waals surface area contributed by atoms with Crippen LogP contribution in [-0.4, -0.2) is 61.2 Å². The van der Waals surface area contributed by atoms with Gasteiger partial charge in [0.1, 0.15) is 17.7 Å². The third-order valence-electron chi connectivity index (χ3n) is 5.92. The van der Waals surface area contributed by atoms with Crippen molar-refractivity contribution in [1.82, 2.24) is 10.6 Å². The summed E-state index contributed by atoms with van der Waals surface area (Å²) in [7, 11) is -3.64. The summed E-state index contributed by atoms with van der Waals surface area (Å²) in [5, 5.41) is 16.3. The molecule has 0 saturated heterocycles. The maximum atomic E-state index is 13.7. The van der Waals surface area contributed by atoms with Crippen LogP contribution in [0.25, 0.3) is 0 Å². The van der Waals surface area contributed by atoms with E-state index < -0.39 is 56.6 Å². The number of carbonyl (C=O) groups is 1. The highest BCUT2D eigenvalue weighted by Gasteiger charge is 2.33. The van der Waals surface area contributed by atoms with E-state index in [-0.39, 0.29) is 43.3 Å². The van der Waals surface area contributed by atoms with Gasteiger partial charge in [-0.2, -0.15) is 0 Å². The summed E-state index contributed by atoms with van der Waals surface area (Å²) in [6.07, 6.45) is 3.30. The number of amides is 1. The Kier molecular flexibility index (Phi) is 15.5. The van der Waals surface area contributed by atoms with Crippen molar-refractivity contribution in [1.29, 1.82) is 0 Å². The molecule has 0 unspecified atom stereocenters. The Hall–Kier alpha value is -1.04. The van der Waals surface area contributed by atoms with Crippen LogP contribution in [-0.2, 0) is 21.1 Å². The van der Waals surface area contributed by atoms with Crippen molar-refractivity contribution < 1.29 is 27.1 Å². The summed E-state index contributed by atoms with van der Waals surface area (Å²) < 4.78 is 53.5. The molecule has 0 radical (unpaired) electrons. The fourth-order valence-corrected chi connectivity index (χ4v) is 6.18. The van der Waals surface area contributed by atoms with Gasteiger partial charge in [0, 0.05) is 24.7 Å². The molecule has 5 N–H and O–H groups in total. The second kappa shape index (κ2) is 15.9. The summed E-state index contributed by atoms with van der Waals surface area (Å²) in [6.45, 7) is 3.99. The third-order valence-corrected chi connectivity index (χ3v) is 8.21. The fourth-order valence-electron chi connectivity index (χ4n) is 3.99. The number of hydrogen-bond acceptors (Lipinski definition) is 6. The first-order valence-corrected chi connectivity index (χ1v) is 13.4. The van der Waals surface area contributed by atoms with Crippen LogP contribution in [0.2, 0.25) is 0 Å². The van der Waals surface area contributed by atoms with Gasteiger partial charge in [-0.05, 0) is 49.8 Å². The van der Waals surface area contributed by atoms with Crippen LogP contribution in [0.4, 0.5) is 8.78 Å². The lowest BCUT2D eigenvalue weighted by Crippen LogP contribution is -2.56. The van der Waals surface area contributed by atoms with E-state index in [1.165, 1.54) is 0 Å². The Balaban J connectivity index is 0.00000578. The van der Waals surface area contributed by atoms with Crippen molar-refractivity contribution in [2.75, 3.05) is 12.3 Å². The maximum Gasteiger partial charge on any atom is 0.235 e. The molecule has 0 heterocycles. The number of aliphatic hydroxyl groups excluding tert-OH is 1. The second-order valence-corrected chi connectivity index (χ2v) is 11.3. The molecule has 3 atom stereocenters. The van der Waals surface area contributed by atoms with Gasteiger partial charge in [0.2, 0.25) is 5.91 Å². The molecule has 2 rings (SSSR count). The largest absolute Gasteiger partial charge is 0.390 e. The normalized spacial score (nSPS) is 16.2. The molecule has 1 aromatic rings. The topological polar surface area (TPSA) is 122 Å². The Morgan fingerprint density at radius 3 is 2.11 bits per heavy atom. The molecule has 1 amide bonds. The summed E-state index contributed by atoms with van der Waals surface area (Å²) in [5.41, 5.74) is 5.81. The number of aliphatic hydroxyl groups is 1. The van der Waals surface area contributed by atoms with E-state index in [1.54, 1.807) is 0 Å². The Morgan fingerprint density at radius 1 is 1.11 bits per heavy atom. The Morgan fingerprint density at radius 2 is 1.66 bits per heavy atom. The van der Waals surface area contributed by atoms with E-state index >= 15 is 0 Å². The van der Waals surface area contributed by atoms with E-state index in [4.69, 9.17) is 5.73 Å². The van der Waals surface area contributed by atoms with Crippen molar-refractivity contribution >= 4 is 40.6 Å². The molecular formula is C23H39Cl2F2N3O4S. The third kappa shape index (κ3) is 11.7. The minimum absolute atomic E-state index is 0. The molecule has 12 heteroatoms. The van der Waals surface area contributed by atoms with E-state index in [1.807, 2.05) is 13.8 Å². The highest BCUT2D eigenvalue weighted by molar-refractivity contribution is 7.92. The molecule has 0 aromatic heterocycles. The molecule has 1 saturated carbocycles. The van der Waals surface area contributed by atoms with Gasteiger partial charge in [0.05, 0.1) is 17.1 Å². The molecule has 1 aliphatic carbocycles. The first-order valence-electron chi connectivity index (χ1n) is 11.7. The van der Waals surface area contributed by atoms with Crippen molar-refractivity contribution in [2.45, 2.75) is 88.3 Å².